The van der Waals surface area contributed by atoms with E-state index in [1.807, 2.05) is 27.0 Å². The highest BCUT2D eigenvalue weighted by atomic mass is 16.6. The van der Waals surface area contributed by atoms with Gasteiger partial charge in [0.05, 0.1) is 5.39 Å². The summed E-state index contributed by atoms with van der Waals surface area (Å²) in [6, 6.07) is 2.10. The van der Waals surface area contributed by atoms with Gasteiger partial charge in [-0.15, -0.1) is 0 Å². The van der Waals surface area contributed by atoms with Gasteiger partial charge in [-0.25, -0.2) is 9.78 Å². The van der Waals surface area contributed by atoms with Crippen LogP contribution in [0.15, 0.2) is 12.3 Å². The third-order valence-electron chi connectivity index (χ3n) is 4.71. The molecule has 25 heavy (non-hydrogen) atoms. The SMILES string of the molecule is CC(C)(C)OC(=O)NCC1CCC(c2cnc3n[nH]c(N)c3c2)CC1. The van der Waals surface area contributed by atoms with E-state index in [0.29, 0.717) is 29.8 Å². The lowest BCUT2D eigenvalue weighted by Gasteiger charge is -2.29. The number of alkyl carbamates (subject to hydrolysis) is 1. The molecule has 0 saturated heterocycles. The van der Waals surface area contributed by atoms with Gasteiger partial charge in [0.1, 0.15) is 11.4 Å². The molecule has 1 amide bonds. The average Bonchev–Trinajstić information content (AvgIpc) is 2.93. The smallest absolute Gasteiger partial charge is 0.407 e. The van der Waals surface area contributed by atoms with E-state index in [1.165, 1.54) is 5.56 Å². The molecule has 7 nitrogen and oxygen atoms in total. The lowest BCUT2D eigenvalue weighted by atomic mass is 9.79. The van der Waals surface area contributed by atoms with Crippen molar-refractivity contribution in [1.29, 1.82) is 0 Å². The number of hydrogen-bond acceptors (Lipinski definition) is 5. The number of nitrogen functional groups attached to an aromatic ring is 1. The molecule has 2 aromatic rings. The molecule has 0 atom stereocenters. The lowest BCUT2D eigenvalue weighted by Crippen LogP contribution is -2.36. The summed E-state index contributed by atoms with van der Waals surface area (Å²) in [5.74, 6) is 1.56. The van der Waals surface area contributed by atoms with Crippen molar-refractivity contribution in [3.63, 3.8) is 0 Å². The van der Waals surface area contributed by atoms with Gasteiger partial charge in [0.2, 0.25) is 0 Å². The van der Waals surface area contributed by atoms with E-state index < -0.39 is 5.60 Å². The minimum absolute atomic E-state index is 0.334. The van der Waals surface area contributed by atoms with E-state index in [-0.39, 0.29) is 6.09 Å². The fraction of sp³-hybridized carbons (Fsp3) is 0.611. The third kappa shape index (κ3) is 4.41. The number of carbonyl (C=O) groups is 1. The summed E-state index contributed by atoms with van der Waals surface area (Å²) < 4.78 is 5.28. The molecule has 4 N–H and O–H groups in total. The topological polar surface area (TPSA) is 106 Å². The molecule has 0 unspecified atom stereocenters. The zero-order valence-electron chi connectivity index (χ0n) is 15.1. The maximum Gasteiger partial charge on any atom is 0.407 e. The van der Waals surface area contributed by atoms with E-state index in [4.69, 9.17) is 10.5 Å². The Hall–Kier alpha value is -2.31. The van der Waals surface area contributed by atoms with Crippen molar-refractivity contribution in [3.05, 3.63) is 17.8 Å². The first-order valence-electron chi connectivity index (χ1n) is 8.88. The molecule has 0 aliphatic heterocycles. The van der Waals surface area contributed by atoms with Gasteiger partial charge in [0.25, 0.3) is 0 Å². The largest absolute Gasteiger partial charge is 0.444 e. The Morgan fingerprint density at radius 1 is 1.36 bits per heavy atom. The van der Waals surface area contributed by atoms with Crippen molar-refractivity contribution in [2.75, 3.05) is 12.3 Å². The maximum atomic E-state index is 11.8. The van der Waals surface area contributed by atoms with Crippen LogP contribution in [-0.4, -0.2) is 33.4 Å². The number of amides is 1. The molecular formula is C18H27N5O2. The zero-order chi connectivity index (χ0) is 18.0. The molecule has 0 bridgehead atoms. The van der Waals surface area contributed by atoms with Gasteiger partial charge < -0.3 is 15.8 Å². The monoisotopic (exact) mass is 345 g/mol. The molecule has 1 fully saturated rings. The van der Waals surface area contributed by atoms with Gasteiger partial charge in [-0.1, -0.05) is 0 Å². The van der Waals surface area contributed by atoms with E-state index in [0.717, 1.165) is 31.1 Å². The molecule has 136 valence electrons. The Balaban J connectivity index is 1.51. The van der Waals surface area contributed by atoms with Gasteiger partial charge in [0.15, 0.2) is 5.65 Å². The second-order valence-corrected chi connectivity index (χ2v) is 7.88. The Morgan fingerprint density at radius 2 is 2.08 bits per heavy atom. The van der Waals surface area contributed by atoms with Crippen molar-refractivity contribution >= 4 is 22.9 Å². The fourth-order valence-electron chi connectivity index (χ4n) is 3.40. The number of H-pyrrole nitrogens is 1. The number of pyridine rings is 1. The number of anilines is 1. The van der Waals surface area contributed by atoms with E-state index in [1.54, 1.807) is 0 Å². The molecule has 0 aromatic carbocycles. The summed E-state index contributed by atoms with van der Waals surface area (Å²) in [6.07, 6.45) is 5.92. The van der Waals surface area contributed by atoms with Crippen LogP contribution in [0.5, 0.6) is 0 Å². The van der Waals surface area contributed by atoms with Crippen LogP contribution in [0.2, 0.25) is 0 Å². The Morgan fingerprint density at radius 3 is 2.76 bits per heavy atom. The number of nitrogens with two attached hydrogens (primary N) is 1. The van der Waals surface area contributed by atoms with Crippen molar-refractivity contribution < 1.29 is 9.53 Å². The zero-order valence-corrected chi connectivity index (χ0v) is 15.1. The molecule has 0 radical (unpaired) electrons. The number of nitrogens with one attached hydrogen (secondary N) is 2. The highest BCUT2D eigenvalue weighted by molar-refractivity contribution is 5.86. The number of aromatic amines is 1. The number of ether oxygens (including phenoxy) is 1. The average molecular weight is 345 g/mol. The number of nitrogens with zero attached hydrogens (tertiary/aromatic N) is 2. The summed E-state index contributed by atoms with van der Waals surface area (Å²) >= 11 is 0. The first kappa shape index (κ1) is 17.5. The standard InChI is InChI=1S/C18H27N5O2/c1-18(2,3)25-17(24)21-9-11-4-6-12(7-5-11)13-8-14-15(19)22-23-16(14)20-10-13/h8,10-12H,4-7,9H2,1-3H3,(H,21,24)(H3,19,20,22,23). The van der Waals surface area contributed by atoms with Crippen LogP contribution < -0.4 is 11.1 Å². The van der Waals surface area contributed by atoms with Gasteiger partial charge >= 0.3 is 6.09 Å². The number of hydrogen-bond donors (Lipinski definition) is 3. The van der Waals surface area contributed by atoms with Crippen molar-refractivity contribution in [2.24, 2.45) is 5.92 Å². The van der Waals surface area contributed by atoms with E-state index >= 15 is 0 Å². The summed E-state index contributed by atoms with van der Waals surface area (Å²) in [6.45, 7) is 6.29. The van der Waals surface area contributed by atoms with Crippen molar-refractivity contribution in [3.8, 4) is 0 Å². The second kappa shape index (κ2) is 6.90. The number of carbonyl (C=O) groups excluding carboxylic acids is 1. The molecule has 0 spiro atoms. The van der Waals surface area contributed by atoms with E-state index in [9.17, 15) is 4.79 Å². The van der Waals surface area contributed by atoms with Crippen LogP contribution >= 0.6 is 0 Å². The molecule has 2 aromatic heterocycles. The summed E-state index contributed by atoms with van der Waals surface area (Å²) in [5, 5.41) is 10.6. The van der Waals surface area contributed by atoms with Gasteiger partial charge in [-0.05, 0) is 69.9 Å². The Kier molecular flexibility index (Phi) is 4.83. The summed E-state index contributed by atoms with van der Waals surface area (Å²) in [7, 11) is 0. The second-order valence-electron chi connectivity index (χ2n) is 7.88. The number of fused-ring (bicyclic) bond motifs is 1. The molecule has 2 heterocycles. The maximum absolute atomic E-state index is 11.8. The van der Waals surface area contributed by atoms with Crippen LogP contribution in [0.1, 0.15) is 57.9 Å². The molecule has 1 saturated carbocycles. The Bertz CT molecular complexity index is 741. The lowest BCUT2D eigenvalue weighted by molar-refractivity contribution is 0.0514. The first-order chi connectivity index (χ1) is 11.8. The van der Waals surface area contributed by atoms with Gasteiger partial charge in [-0.3, -0.25) is 5.10 Å². The van der Waals surface area contributed by atoms with Crippen LogP contribution in [0.4, 0.5) is 10.6 Å². The fourth-order valence-corrected chi connectivity index (χ4v) is 3.40. The molecule has 1 aliphatic rings. The van der Waals surface area contributed by atoms with Crippen LogP contribution in [0.3, 0.4) is 0 Å². The highest BCUT2D eigenvalue weighted by Gasteiger charge is 2.24. The number of aromatic nitrogens is 3. The van der Waals surface area contributed by atoms with E-state index in [2.05, 4.69) is 26.6 Å². The molecule has 1 aliphatic carbocycles. The highest BCUT2D eigenvalue weighted by Crippen LogP contribution is 2.36. The summed E-state index contributed by atoms with van der Waals surface area (Å²) in [5.41, 5.74) is 7.33. The predicted octanol–water partition coefficient (Wildman–Crippen LogP) is 3.34. The number of rotatable bonds is 3. The quantitative estimate of drug-likeness (QED) is 0.791. The minimum atomic E-state index is -0.456. The minimum Gasteiger partial charge on any atom is -0.444 e. The predicted molar refractivity (Wildman–Crippen MR) is 97.2 cm³/mol. The Labute approximate surface area is 147 Å². The molecule has 3 rings (SSSR count). The van der Waals surface area contributed by atoms with Crippen LogP contribution in [-0.2, 0) is 4.74 Å². The molecule has 7 heteroatoms. The molecular weight excluding hydrogens is 318 g/mol. The van der Waals surface area contributed by atoms with Crippen molar-refractivity contribution in [1.82, 2.24) is 20.5 Å². The first-order valence-corrected chi connectivity index (χ1v) is 8.88. The van der Waals surface area contributed by atoms with Gasteiger partial charge in [0, 0.05) is 12.7 Å². The summed E-state index contributed by atoms with van der Waals surface area (Å²) in [4.78, 5) is 16.1. The van der Waals surface area contributed by atoms with Crippen LogP contribution in [0.25, 0.3) is 11.0 Å². The van der Waals surface area contributed by atoms with Crippen molar-refractivity contribution in [2.45, 2.75) is 58.0 Å². The van der Waals surface area contributed by atoms with Gasteiger partial charge in [-0.2, -0.15) is 5.10 Å². The third-order valence-corrected chi connectivity index (χ3v) is 4.71. The van der Waals surface area contributed by atoms with Crippen LogP contribution in [0, 0.1) is 5.92 Å². The normalized spacial score (nSPS) is 21.2.